The standard InChI is InChI=1S/C20H29N3O2S2/c1-5-12(2)10-15-14(4)27-19-17(15)18(25)21-20(22-19)26-11-16(24)23-9-7-6-8-13(23)3/h12-13H,5-11H2,1-4H3,(H,21,22,25)/t12-,13-/m0/s1. The Hall–Kier alpha value is -1.34. The molecule has 0 radical (unpaired) electrons. The van der Waals surface area contributed by atoms with E-state index in [1.165, 1.54) is 23.1 Å². The van der Waals surface area contributed by atoms with Crippen LogP contribution in [0.25, 0.3) is 10.2 Å². The average molecular weight is 408 g/mol. The molecule has 1 fully saturated rings. The van der Waals surface area contributed by atoms with Crippen molar-refractivity contribution in [1.29, 1.82) is 0 Å². The summed E-state index contributed by atoms with van der Waals surface area (Å²) in [5.74, 6) is 0.997. The Morgan fingerprint density at radius 1 is 1.44 bits per heavy atom. The molecule has 148 valence electrons. The summed E-state index contributed by atoms with van der Waals surface area (Å²) in [6.45, 7) is 9.40. The number of carbonyl (C=O) groups is 1. The van der Waals surface area contributed by atoms with Crippen LogP contribution in [0.1, 0.15) is 56.9 Å². The van der Waals surface area contributed by atoms with Crippen molar-refractivity contribution in [3.8, 4) is 0 Å². The first-order chi connectivity index (χ1) is 12.9. The van der Waals surface area contributed by atoms with E-state index in [0.29, 0.717) is 22.9 Å². The molecule has 0 aliphatic carbocycles. The second-order valence-corrected chi connectivity index (χ2v) is 9.79. The Morgan fingerprint density at radius 3 is 2.93 bits per heavy atom. The maximum Gasteiger partial charge on any atom is 0.260 e. The summed E-state index contributed by atoms with van der Waals surface area (Å²) in [4.78, 5) is 36.7. The van der Waals surface area contributed by atoms with Crippen molar-refractivity contribution in [3.63, 3.8) is 0 Å². The van der Waals surface area contributed by atoms with Crippen molar-refractivity contribution in [2.24, 2.45) is 5.92 Å². The second-order valence-electron chi connectivity index (χ2n) is 7.63. The largest absolute Gasteiger partial charge is 0.339 e. The molecular formula is C20H29N3O2S2. The first-order valence-electron chi connectivity index (χ1n) is 9.85. The summed E-state index contributed by atoms with van der Waals surface area (Å²) in [5, 5.41) is 1.28. The van der Waals surface area contributed by atoms with Crippen LogP contribution in [0.5, 0.6) is 0 Å². The highest BCUT2D eigenvalue weighted by Gasteiger charge is 2.23. The van der Waals surface area contributed by atoms with Crippen molar-refractivity contribution < 1.29 is 4.79 Å². The van der Waals surface area contributed by atoms with E-state index in [1.807, 2.05) is 4.90 Å². The molecule has 1 N–H and O–H groups in total. The summed E-state index contributed by atoms with van der Waals surface area (Å²) in [7, 11) is 0. The number of thioether (sulfide) groups is 1. The summed E-state index contributed by atoms with van der Waals surface area (Å²) in [6, 6.07) is 0.310. The zero-order chi connectivity index (χ0) is 19.6. The van der Waals surface area contributed by atoms with Crippen LogP contribution in [0.15, 0.2) is 9.95 Å². The molecule has 0 unspecified atom stereocenters. The number of hydrogen-bond donors (Lipinski definition) is 1. The number of amides is 1. The van der Waals surface area contributed by atoms with Gasteiger partial charge in [0, 0.05) is 17.5 Å². The van der Waals surface area contributed by atoms with Crippen molar-refractivity contribution >= 4 is 39.2 Å². The number of aromatic nitrogens is 2. The number of nitrogens with one attached hydrogen (secondary N) is 1. The lowest BCUT2D eigenvalue weighted by atomic mass is 9.98. The minimum atomic E-state index is -0.0797. The maximum atomic E-state index is 12.7. The van der Waals surface area contributed by atoms with Crippen molar-refractivity contribution in [2.45, 2.75) is 71.0 Å². The van der Waals surface area contributed by atoms with Gasteiger partial charge in [-0.3, -0.25) is 9.59 Å². The molecule has 27 heavy (non-hydrogen) atoms. The fraction of sp³-hybridized carbons (Fsp3) is 0.650. The number of H-pyrrole nitrogens is 1. The van der Waals surface area contributed by atoms with Crippen molar-refractivity contribution in [3.05, 3.63) is 20.8 Å². The molecule has 1 saturated heterocycles. The van der Waals surface area contributed by atoms with Crippen molar-refractivity contribution in [1.82, 2.24) is 14.9 Å². The highest BCUT2D eigenvalue weighted by Crippen LogP contribution is 2.30. The number of aromatic amines is 1. The van der Waals surface area contributed by atoms with Gasteiger partial charge in [-0.2, -0.15) is 0 Å². The van der Waals surface area contributed by atoms with Gasteiger partial charge in [-0.15, -0.1) is 11.3 Å². The van der Waals surface area contributed by atoms with Gasteiger partial charge in [0.1, 0.15) is 4.83 Å². The Balaban J connectivity index is 1.76. The van der Waals surface area contributed by atoms with E-state index in [4.69, 9.17) is 0 Å². The summed E-state index contributed by atoms with van der Waals surface area (Å²) in [5.41, 5.74) is 1.05. The van der Waals surface area contributed by atoms with Crippen LogP contribution < -0.4 is 5.56 Å². The van der Waals surface area contributed by atoms with E-state index >= 15 is 0 Å². The monoisotopic (exact) mass is 407 g/mol. The zero-order valence-corrected chi connectivity index (χ0v) is 18.3. The molecule has 2 atom stereocenters. The number of hydrogen-bond acceptors (Lipinski definition) is 5. The van der Waals surface area contributed by atoms with Crippen LogP contribution in [0.3, 0.4) is 0 Å². The molecule has 0 spiro atoms. The van der Waals surface area contributed by atoms with Crippen LogP contribution in [-0.4, -0.2) is 39.1 Å². The minimum absolute atomic E-state index is 0.0797. The van der Waals surface area contributed by atoms with Crippen LogP contribution in [0.2, 0.25) is 0 Å². The number of thiophene rings is 1. The third-order valence-corrected chi connectivity index (χ3v) is 7.45. The Bertz CT molecular complexity index is 874. The topological polar surface area (TPSA) is 66.1 Å². The van der Waals surface area contributed by atoms with Gasteiger partial charge >= 0.3 is 0 Å². The van der Waals surface area contributed by atoms with E-state index in [1.54, 1.807) is 11.3 Å². The van der Waals surface area contributed by atoms with Crippen LogP contribution in [-0.2, 0) is 11.2 Å². The van der Waals surface area contributed by atoms with E-state index < -0.39 is 0 Å². The lowest BCUT2D eigenvalue weighted by Crippen LogP contribution is -2.43. The molecule has 0 bridgehead atoms. The highest BCUT2D eigenvalue weighted by molar-refractivity contribution is 7.99. The molecule has 3 heterocycles. The van der Waals surface area contributed by atoms with Crippen LogP contribution >= 0.6 is 23.1 Å². The Labute approximate surface area is 169 Å². The third kappa shape index (κ3) is 4.57. The smallest absolute Gasteiger partial charge is 0.260 e. The van der Waals surface area contributed by atoms with Gasteiger partial charge in [0.05, 0.1) is 11.1 Å². The van der Waals surface area contributed by atoms with E-state index in [2.05, 4.69) is 37.7 Å². The number of nitrogens with zero attached hydrogens (tertiary/aromatic N) is 2. The SMILES string of the molecule is CC[C@H](C)Cc1c(C)sc2nc(SCC(=O)N3CCCC[C@@H]3C)[nH]c(=O)c12. The molecule has 7 heteroatoms. The van der Waals surface area contributed by atoms with Gasteiger partial charge in [-0.1, -0.05) is 32.0 Å². The van der Waals surface area contributed by atoms with Gasteiger partial charge in [-0.05, 0) is 51.0 Å². The fourth-order valence-corrected chi connectivity index (χ4v) is 5.50. The fourth-order valence-electron chi connectivity index (χ4n) is 3.64. The lowest BCUT2D eigenvalue weighted by Gasteiger charge is -2.33. The molecule has 3 rings (SSSR count). The van der Waals surface area contributed by atoms with E-state index in [9.17, 15) is 9.59 Å². The molecule has 1 aliphatic rings. The predicted octanol–water partition coefficient (Wildman–Crippen LogP) is 4.37. The lowest BCUT2D eigenvalue weighted by molar-refractivity contribution is -0.131. The molecule has 5 nitrogen and oxygen atoms in total. The highest BCUT2D eigenvalue weighted by atomic mass is 32.2. The molecule has 2 aromatic rings. The first kappa shape index (κ1) is 20.4. The van der Waals surface area contributed by atoms with E-state index in [-0.39, 0.29) is 11.5 Å². The number of fused-ring (bicyclic) bond motifs is 1. The normalized spacial score (nSPS) is 18.8. The number of rotatable bonds is 6. The maximum absolute atomic E-state index is 12.7. The number of aryl methyl sites for hydroxylation is 1. The Kier molecular flexibility index (Phi) is 6.63. The Morgan fingerprint density at radius 2 is 2.22 bits per heavy atom. The van der Waals surface area contributed by atoms with E-state index in [0.717, 1.165) is 48.0 Å². The van der Waals surface area contributed by atoms with Gasteiger partial charge in [-0.25, -0.2) is 4.98 Å². The summed E-state index contributed by atoms with van der Waals surface area (Å²) >= 11 is 2.92. The molecule has 2 aromatic heterocycles. The summed E-state index contributed by atoms with van der Waals surface area (Å²) < 4.78 is 0. The number of likely N-dealkylation sites (tertiary alicyclic amines) is 1. The number of piperidine rings is 1. The van der Waals surface area contributed by atoms with Gasteiger partial charge in [0.2, 0.25) is 5.91 Å². The molecule has 1 amide bonds. The van der Waals surface area contributed by atoms with Gasteiger partial charge in [0.25, 0.3) is 5.56 Å². The van der Waals surface area contributed by atoms with Gasteiger partial charge in [0.15, 0.2) is 5.16 Å². The molecule has 0 saturated carbocycles. The predicted molar refractivity (Wildman–Crippen MR) is 114 cm³/mol. The molecule has 1 aliphatic heterocycles. The first-order valence-corrected chi connectivity index (χ1v) is 11.7. The number of carbonyl (C=O) groups excluding carboxylic acids is 1. The van der Waals surface area contributed by atoms with Gasteiger partial charge < -0.3 is 9.88 Å². The third-order valence-electron chi connectivity index (χ3n) is 5.55. The average Bonchev–Trinajstić information content (AvgIpc) is 2.95. The zero-order valence-electron chi connectivity index (χ0n) is 16.6. The summed E-state index contributed by atoms with van der Waals surface area (Å²) in [6.07, 6.45) is 5.35. The van der Waals surface area contributed by atoms with Crippen LogP contribution in [0, 0.1) is 12.8 Å². The quantitative estimate of drug-likeness (QED) is 0.570. The van der Waals surface area contributed by atoms with Crippen LogP contribution in [0.4, 0.5) is 0 Å². The molecular weight excluding hydrogens is 378 g/mol. The second kappa shape index (κ2) is 8.78. The molecule has 0 aromatic carbocycles. The minimum Gasteiger partial charge on any atom is -0.339 e. The van der Waals surface area contributed by atoms with Crippen molar-refractivity contribution in [2.75, 3.05) is 12.3 Å².